The van der Waals surface area contributed by atoms with Gasteiger partial charge in [-0.1, -0.05) is 31.2 Å². The van der Waals surface area contributed by atoms with Crippen molar-refractivity contribution in [1.82, 2.24) is 15.1 Å². The first-order valence-corrected chi connectivity index (χ1v) is 10.6. The number of aromatic nitrogens is 2. The maximum Gasteiger partial charge on any atom is 0.273 e. The number of hydrogen-bond acceptors (Lipinski definition) is 5. The summed E-state index contributed by atoms with van der Waals surface area (Å²) >= 11 is 0. The Bertz CT molecular complexity index is 1230. The number of aromatic amines is 1. The fraction of sp³-hybridized carbons (Fsp3) is 0.200. The number of nitrogens with one attached hydrogen (secondary N) is 1. The number of H-pyrrole nitrogens is 1. The van der Waals surface area contributed by atoms with Gasteiger partial charge in [0.05, 0.1) is 25.5 Å². The van der Waals surface area contributed by atoms with Gasteiger partial charge < -0.3 is 19.2 Å². The Morgan fingerprint density at radius 2 is 1.94 bits per heavy atom. The Morgan fingerprint density at radius 3 is 2.66 bits per heavy atom. The molecule has 7 nitrogen and oxygen atoms in total. The number of carbonyl (C=O) groups excluding carboxylic acids is 1. The van der Waals surface area contributed by atoms with Crippen LogP contribution in [0.4, 0.5) is 0 Å². The number of phenolic OH excluding ortho intramolecular Hbond substituents is 1. The van der Waals surface area contributed by atoms with E-state index in [4.69, 9.17) is 9.15 Å². The van der Waals surface area contributed by atoms with E-state index in [0.29, 0.717) is 35.9 Å². The molecule has 4 aromatic rings. The number of nitrogens with zero attached hydrogens (tertiary/aromatic N) is 2. The van der Waals surface area contributed by atoms with Crippen LogP contribution in [0.2, 0.25) is 0 Å². The zero-order valence-corrected chi connectivity index (χ0v) is 17.6. The van der Waals surface area contributed by atoms with Gasteiger partial charge in [-0.05, 0) is 48.4 Å². The smallest absolute Gasteiger partial charge is 0.273 e. The van der Waals surface area contributed by atoms with E-state index < -0.39 is 6.04 Å². The zero-order valence-electron chi connectivity index (χ0n) is 17.6. The van der Waals surface area contributed by atoms with Gasteiger partial charge >= 0.3 is 0 Å². The highest BCUT2D eigenvalue weighted by Crippen LogP contribution is 2.45. The van der Waals surface area contributed by atoms with E-state index in [1.54, 1.807) is 35.4 Å². The highest BCUT2D eigenvalue weighted by Gasteiger charge is 2.42. The zero-order chi connectivity index (χ0) is 22.1. The number of aromatic hydroxyl groups is 1. The molecule has 7 heteroatoms. The van der Waals surface area contributed by atoms with Gasteiger partial charge in [-0.25, -0.2) is 0 Å². The van der Waals surface area contributed by atoms with Gasteiger partial charge in [0.15, 0.2) is 0 Å². The van der Waals surface area contributed by atoms with Gasteiger partial charge in [-0.2, -0.15) is 5.10 Å². The van der Waals surface area contributed by atoms with Gasteiger partial charge in [0.2, 0.25) is 0 Å². The van der Waals surface area contributed by atoms with Crippen molar-refractivity contribution in [2.24, 2.45) is 0 Å². The Balaban J connectivity index is 1.60. The van der Waals surface area contributed by atoms with Crippen molar-refractivity contribution >= 4 is 5.91 Å². The molecule has 2 N–H and O–H groups in total. The minimum absolute atomic E-state index is 0.112. The molecule has 0 radical (unpaired) electrons. The lowest BCUT2D eigenvalue weighted by Gasteiger charge is -2.25. The molecule has 1 amide bonds. The molecule has 1 aliphatic rings. The van der Waals surface area contributed by atoms with Crippen LogP contribution >= 0.6 is 0 Å². The van der Waals surface area contributed by atoms with Gasteiger partial charge in [-0.3, -0.25) is 9.89 Å². The minimum atomic E-state index is -0.392. The number of rotatable bonds is 7. The summed E-state index contributed by atoms with van der Waals surface area (Å²) < 4.78 is 11.2. The maximum absolute atomic E-state index is 13.4. The van der Waals surface area contributed by atoms with Gasteiger partial charge in [-0.15, -0.1) is 0 Å². The Kier molecular flexibility index (Phi) is 5.15. The number of para-hydroxylation sites is 1. The predicted octanol–water partition coefficient (Wildman–Crippen LogP) is 4.91. The molecule has 0 spiro atoms. The molecule has 2 aromatic carbocycles. The average molecular weight is 429 g/mol. The number of hydrogen-bond donors (Lipinski definition) is 2. The number of fused-ring (bicyclic) bond motifs is 1. The number of ether oxygens (including phenoxy) is 1. The van der Waals surface area contributed by atoms with Gasteiger partial charge in [0.25, 0.3) is 5.91 Å². The van der Waals surface area contributed by atoms with Crippen LogP contribution in [0.5, 0.6) is 11.5 Å². The van der Waals surface area contributed by atoms with E-state index >= 15 is 0 Å². The minimum Gasteiger partial charge on any atom is -0.507 e. The number of amides is 1. The second kappa shape index (κ2) is 8.26. The lowest BCUT2D eigenvalue weighted by atomic mass is 9.95. The molecule has 0 saturated heterocycles. The topological polar surface area (TPSA) is 91.6 Å². The number of benzene rings is 2. The van der Waals surface area contributed by atoms with E-state index in [-0.39, 0.29) is 11.7 Å². The fourth-order valence-corrected chi connectivity index (χ4v) is 4.12. The fourth-order valence-electron chi connectivity index (χ4n) is 4.12. The third-order valence-corrected chi connectivity index (χ3v) is 5.60. The summed E-state index contributed by atoms with van der Waals surface area (Å²) in [6.07, 6.45) is 2.52. The average Bonchev–Trinajstić information content (AvgIpc) is 3.53. The Morgan fingerprint density at radius 1 is 1.12 bits per heavy atom. The summed E-state index contributed by atoms with van der Waals surface area (Å²) in [5.41, 5.74) is 3.22. The molecule has 5 rings (SSSR count). The summed E-state index contributed by atoms with van der Waals surface area (Å²) in [5.74, 6) is 1.42. The maximum atomic E-state index is 13.4. The van der Waals surface area contributed by atoms with E-state index in [0.717, 1.165) is 23.3 Å². The Hall–Kier alpha value is -4.00. The monoisotopic (exact) mass is 429 g/mol. The highest BCUT2D eigenvalue weighted by atomic mass is 16.5. The molecule has 0 unspecified atom stereocenters. The third kappa shape index (κ3) is 3.41. The van der Waals surface area contributed by atoms with E-state index in [1.807, 2.05) is 36.4 Å². The van der Waals surface area contributed by atoms with Gasteiger partial charge in [0, 0.05) is 11.1 Å². The van der Waals surface area contributed by atoms with Crippen molar-refractivity contribution in [2.75, 3.05) is 6.61 Å². The van der Waals surface area contributed by atoms with Crippen LogP contribution < -0.4 is 4.74 Å². The van der Waals surface area contributed by atoms with Crippen molar-refractivity contribution in [2.45, 2.75) is 25.9 Å². The van der Waals surface area contributed by atoms with Crippen molar-refractivity contribution in [3.8, 4) is 22.8 Å². The predicted molar refractivity (Wildman–Crippen MR) is 118 cm³/mol. The standard InChI is InChI=1S/C25H23N3O4/c1-2-13-31-17-11-9-16(10-12-17)24-21-22(19-7-3-4-8-20(19)29)26-27-23(21)25(30)28(24)15-18-6-5-14-32-18/h3-12,14,24,29H,2,13,15H2,1H3,(H,26,27)/t24-/m1/s1. The normalized spacial score (nSPS) is 15.2. The lowest BCUT2D eigenvalue weighted by Crippen LogP contribution is -2.28. The molecular formula is C25H23N3O4. The first-order chi connectivity index (χ1) is 15.7. The summed E-state index contributed by atoms with van der Waals surface area (Å²) in [4.78, 5) is 15.1. The molecule has 32 heavy (non-hydrogen) atoms. The Labute approximate surface area is 185 Å². The molecule has 0 aliphatic carbocycles. The van der Waals surface area contributed by atoms with Crippen molar-refractivity contribution < 1.29 is 19.1 Å². The van der Waals surface area contributed by atoms with Gasteiger partial charge in [0.1, 0.15) is 28.6 Å². The van der Waals surface area contributed by atoms with Crippen LogP contribution in [-0.2, 0) is 6.54 Å². The SMILES string of the molecule is CCCOc1ccc([C@@H]2c3c(-c4ccccc4O)n[nH]c3C(=O)N2Cc2ccco2)cc1. The first-order valence-electron chi connectivity index (χ1n) is 10.6. The quantitative estimate of drug-likeness (QED) is 0.436. The summed E-state index contributed by atoms with van der Waals surface area (Å²) in [6.45, 7) is 3.02. The molecule has 0 fully saturated rings. The summed E-state index contributed by atoms with van der Waals surface area (Å²) in [7, 11) is 0. The van der Waals surface area contributed by atoms with Crippen molar-refractivity contribution in [3.63, 3.8) is 0 Å². The number of carbonyl (C=O) groups is 1. The van der Waals surface area contributed by atoms with E-state index in [1.165, 1.54) is 0 Å². The summed E-state index contributed by atoms with van der Waals surface area (Å²) in [5, 5.41) is 17.8. The largest absolute Gasteiger partial charge is 0.507 e. The summed E-state index contributed by atoms with van der Waals surface area (Å²) in [6, 6.07) is 18.0. The van der Waals surface area contributed by atoms with Crippen LogP contribution in [0.3, 0.4) is 0 Å². The highest BCUT2D eigenvalue weighted by molar-refractivity contribution is 6.00. The van der Waals surface area contributed by atoms with Crippen LogP contribution in [0, 0.1) is 0 Å². The van der Waals surface area contributed by atoms with Crippen LogP contribution in [-0.4, -0.2) is 32.7 Å². The molecular weight excluding hydrogens is 406 g/mol. The second-order valence-electron chi connectivity index (χ2n) is 7.71. The molecule has 0 bridgehead atoms. The first kappa shape index (κ1) is 19.9. The molecule has 162 valence electrons. The molecule has 1 aliphatic heterocycles. The third-order valence-electron chi connectivity index (χ3n) is 5.60. The molecule has 3 heterocycles. The van der Waals surface area contributed by atoms with Crippen LogP contribution in [0.25, 0.3) is 11.3 Å². The molecule has 2 aromatic heterocycles. The van der Waals surface area contributed by atoms with Crippen LogP contribution in [0.15, 0.2) is 71.3 Å². The van der Waals surface area contributed by atoms with Crippen molar-refractivity contribution in [3.05, 3.63) is 89.5 Å². The van der Waals surface area contributed by atoms with E-state index in [9.17, 15) is 9.90 Å². The second-order valence-corrected chi connectivity index (χ2v) is 7.71. The van der Waals surface area contributed by atoms with Crippen molar-refractivity contribution in [1.29, 1.82) is 0 Å². The van der Waals surface area contributed by atoms with Crippen LogP contribution in [0.1, 0.15) is 46.8 Å². The molecule has 0 saturated carbocycles. The lowest BCUT2D eigenvalue weighted by molar-refractivity contribution is 0.0717. The number of phenols is 1. The van der Waals surface area contributed by atoms with E-state index in [2.05, 4.69) is 17.1 Å². The number of furan rings is 1. The molecule has 1 atom stereocenters.